The Kier molecular flexibility index (Phi) is 5.11. The molecule has 1 saturated heterocycles. The Hall–Kier alpha value is -0.234. The van der Waals surface area contributed by atoms with Crippen molar-refractivity contribution in [2.24, 2.45) is 5.92 Å². The molecule has 1 aliphatic heterocycles. The number of nitrogens with zero attached hydrogens (tertiary/aromatic N) is 1. The van der Waals surface area contributed by atoms with Crippen LogP contribution in [0.5, 0.6) is 0 Å². The summed E-state index contributed by atoms with van der Waals surface area (Å²) in [5.74, 6) is -0.704. The van der Waals surface area contributed by atoms with Gasteiger partial charge in [-0.1, -0.05) is 0 Å². The van der Waals surface area contributed by atoms with Gasteiger partial charge < -0.3 is 15.1 Å². The molecule has 5 nitrogen and oxygen atoms in total. The van der Waals surface area contributed by atoms with Gasteiger partial charge in [0.2, 0.25) is 5.91 Å². The van der Waals surface area contributed by atoms with E-state index in [1.165, 1.54) is 6.26 Å². The van der Waals surface area contributed by atoms with Crippen LogP contribution < -0.4 is 62.0 Å². The van der Waals surface area contributed by atoms with Gasteiger partial charge in [0.1, 0.15) is 11.8 Å². The van der Waals surface area contributed by atoms with E-state index in [1.807, 2.05) is 6.07 Å². The Balaban J connectivity index is 0.00000128. The fourth-order valence-electron chi connectivity index (χ4n) is 1.44. The minimum atomic E-state index is -0.831. The summed E-state index contributed by atoms with van der Waals surface area (Å²) < 4.78 is 5.15. The Morgan fingerprint density at radius 3 is 2.88 bits per heavy atom. The van der Waals surface area contributed by atoms with Gasteiger partial charge in [0.15, 0.2) is 11.0 Å². The average Bonchev–Trinajstić information content (AvgIpc) is 2.69. The fraction of sp³-hybridized carbons (Fsp3) is 0.222. The number of furan rings is 1. The molecule has 2 atom stereocenters. The normalized spacial score (nSPS) is 23.7. The topological polar surface area (TPSA) is 78.1 Å². The summed E-state index contributed by atoms with van der Waals surface area (Å²) in [5, 5.41) is 14.3. The van der Waals surface area contributed by atoms with Crippen molar-refractivity contribution in [1.29, 1.82) is 5.26 Å². The summed E-state index contributed by atoms with van der Waals surface area (Å²) in [6.45, 7) is 0. The van der Waals surface area contributed by atoms with Crippen molar-refractivity contribution >= 4 is 23.2 Å². The maximum absolute atomic E-state index is 11.4. The molecule has 2 unspecified atom stereocenters. The van der Waals surface area contributed by atoms with Crippen LogP contribution in [0.25, 0.3) is 0 Å². The number of carbonyl (C=O) groups is 1. The summed E-state index contributed by atoms with van der Waals surface area (Å²) in [7, 11) is 0. The van der Waals surface area contributed by atoms with Gasteiger partial charge in [-0.15, -0.1) is 0 Å². The predicted octanol–water partition coefficient (Wildman–Crippen LogP) is -2.53. The smallest absolute Gasteiger partial charge is 0.467 e. The maximum Gasteiger partial charge on any atom is 1.00 e. The summed E-state index contributed by atoms with van der Waals surface area (Å²) in [6.07, 6.45) is 1.49. The number of nitrogens with one attached hydrogen (secondary N) is 2. The number of thiocarbonyl (C=S) groups is 1. The molecule has 1 aliphatic rings. The molecule has 1 aromatic heterocycles. The van der Waals surface area contributed by atoms with Gasteiger partial charge in [-0.2, -0.15) is 5.26 Å². The Bertz CT molecular complexity index is 440. The molecule has 0 spiro atoms. The molecule has 2 rings (SSSR count). The van der Waals surface area contributed by atoms with Crippen LogP contribution in [0.2, 0.25) is 0 Å². The number of nitriles is 1. The maximum atomic E-state index is 11.4. The SMILES string of the molecule is N#CC1C(=O)NC(=S)NC1c1ccco1.[K+]. The van der Waals surface area contributed by atoms with E-state index < -0.39 is 17.9 Å². The monoisotopic (exact) mass is 260 g/mol. The molecule has 1 fully saturated rings. The van der Waals surface area contributed by atoms with E-state index in [2.05, 4.69) is 10.6 Å². The van der Waals surface area contributed by atoms with Crippen LogP contribution in [0.3, 0.4) is 0 Å². The molecule has 2 heterocycles. The Morgan fingerprint density at radius 2 is 2.31 bits per heavy atom. The number of rotatable bonds is 1. The van der Waals surface area contributed by atoms with Crippen LogP contribution >= 0.6 is 12.2 Å². The summed E-state index contributed by atoms with van der Waals surface area (Å²) in [6, 6.07) is 4.80. The molecule has 0 bridgehead atoms. The van der Waals surface area contributed by atoms with Gasteiger partial charge in [-0.3, -0.25) is 4.79 Å². The van der Waals surface area contributed by atoms with Crippen molar-refractivity contribution in [3.05, 3.63) is 24.2 Å². The van der Waals surface area contributed by atoms with Crippen molar-refractivity contribution in [1.82, 2.24) is 10.6 Å². The number of hydrogen-bond donors (Lipinski definition) is 2. The van der Waals surface area contributed by atoms with Crippen LogP contribution in [-0.2, 0) is 4.79 Å². The molecule has 0 radical (unpaired) electrons. The molecule has 1 amide bonds. The summed E-state index contributed by atoms with van der Waals surface area (Å²) in [4.78, 5) is 11.4. The second-order valence-corrected chi connectivity index (χ2v) is 3.47. The van der Waals surface area contributed by atoms with Crippen LogP contribution in [0.15, 0.2) is 22.8 Å². The van der Waals surface area contributed by atoms with E-state index in [0.717, 1.165) is 0 Å². The second kappa shape index (κ2) is 5.91. The molecule has 7 heteroatoms. The van der Waals surface area contributed by atoms with Crippen LogP contribution in [0.4, 0.5) is 0 Å². The fourth-order valence-corrected chi connectivity index (χ4v) is 1.67. The van der Waals surface area contributed by atoms with Gasteiger partial charge in [0.25, 0.3) is 0 Å². The van der Waals surface area contributed by atoms with E-state index in [0.29, 0.717) is 5.76 Å². The first kappa shape index (κ1) is 13.8. The van der Waals surface area contributed by atoms with Gasteiger partial charge in [0.05, 0.1) is 12.3 Å². The molecule has 1 aromatic rings. The van der Waals surface area contributed by atoms with E-state index in [9.17, 15) is 4.79 Å². The van der Waals surface area contributed by atoms with Crippen LogP contribution in [0.1, 0.15) is 11.8 Å². The molecular formula is C9H7KN3O2S+. The summed E-state index contributed by atoms with van der Waals surface area (Å²) in [5.41, 5.74) is 0. The van der Waals surface area contributed by atoms with Crippen molar-refractivity contribution in [2.75, 3.05) is 0 Å². The van der Waals surface area contributed by atoms with Crippen molar-refractivity contribution < 1.29 is 60.6 Å². The minimum Gasteiger partial charge on any atom is -0.467 e. The van der Waals surface area contributed by atoms with E-state index in [4.69, 9.17) is 21.9 Å². The number of carbonyl (C=O) groups excluding carboxylic acids is 1. The van der Waals surface area contributed by atoms with Crippen molar-refractivity contribution in [3.8, 4) is 6.07 Å². The van der Waals surface area contributed by atoms with E-state index in [1.54, 1.807) is 12.1 Å². The molecule has 16 heavy (non-hydrogen) atoms. The third-order valence-corrected chi connectivity index (χ3v) is 2.35. The van der Waals surface area contributed by atoms with Gasteiger partial charge >= 0.3 is 51.4 Å². The number of hydrogen-bond acceptors (Lipinski definition) is 4. The minimum absolute atomic E-state index is 0. The Labute approximate surface area is 140 Å². The first-order valence-corrected chi connectivity index (χ1v) is 4.67. The zero-order valence-corrected chi connectivity index (χ0v) is 12.5. The third-order valence-electron chi connectivity index (χ3n) is 2.13. The molecule has 2 N–H and O–H groups in total. The van der Waals surface area contributed by atoms with Gasteiger partial charge in [0, 0.05) is 0 Å². The summed E-state index contributed by atoms with van der Waals surface area (Å²) >= 11 is 4.84. The predicted molar refractivity (Wildman–Crippen MR) is 54.4 cm³/mol. The molecular weight excluding hydrogens is 253 g/mol. The molecule has 0 saturated carbocycles. The van der Waals surface area contributed by atoms with Crippen molar-refractivity contribution in [2.45, 2.75) is 6.04 Å². The Morgan fingerprint density at radius 1 is 1.56 bits per heavy atom. The first-order valence-electron chi connectivity index (χ1n) is 4.27. The van der Waals surface area contributed by atoms with Gasteiger partial charge in [-0.25, -0.2) is 0 Å². The zero-order chi connectivity index (χ0) is 10.8. The zero-order valence-electron chi connectivity index (χ0n) is 8.56. The largest absolute Gasteiger partial charge is 1.00 e. The van der Waals surface area contributed by atoms with Crippen LogP contribution in [0, 0.1) is 17.2 Å². The van der Waals surface area contributed by atoms with Crippen LogP contribution in [-0.4, -0.2) is 11.0 Å². The third kappa shape index (κ3) is 2.71. The first-order chi connectivity index (χ1) is 7.22. The van der Waals surface area contributed by atoms with Gasteiger partial charge in [-0.05, 0) is 24.4 Å². The standard InChI is InChI=1S/C9H7N3O2S.K/c10-4-5-7(6-2-1-3-14-6)11-9(15)12-8(5)13;/h1-3,5,7H,(H2,11,12,13,15);/q;+1. The molecule has 0 aromatic carbocycles. The average molecular weight is 260 g/mol. The van der Waals surface area contributed by atoms with E-state index >= 15 is 0 Å². The second-order valence-electron chi connectivity index (χ2n) is 3.06. The van der Waals surface area contributed by atoms with E-state index in [-0.39, 0.29) is 56.5 Å². The van der Waals surface area contributed by atoms with Crippen molar-refractivity contribution in [3.63, 3.8) is 0 Å². The molecule has 76 valence electrons. The quantitative estimate of drug-likeness (QED) is 0.430. The number of amides is 1. The molecule has 0 aliphatic carbocycles.